The average molecular weight is 463 g/mol. The summed E-state index contributed by atoms with van der Waals surface area (Å²) in [7, 11) is -1.93. The lowest BCUT2D eigenvalue weighted by atomic mass is 9.42. The van der Waals surface area contributed by atoms with Gasteiger partial charge in [0.05, 0.1) is 25.2 Å². The van der Waals surface area contributed by atoms with Crippen LogP contribution in [0, 0.1) is 40.9 Å². The highest BCUT2D eigenvalue weighted by Crippen LogP contribution is 2.69. The highest BCUT2D eigenvalue weighted by atomic mass is 28.4. The van der Waals surface area contributed by atoms with Gasteiger partial charge in [-0.15, -0.1) is 0 Å². The zero-order valence-corrected chi connectivity index (χ0v) is 22.5. The van der Waals surface area contributed by atoms with Crippen molar-refractivity contribution in [3.63, 3.8) is 0 Å². The number of aliphatic hydroxyl groups is 1. The standard InChI is InChI=1S/C27H46O4Si/c1-19-24-21(22(28)15-16-26(24,5)27(19)29-17-18-30-27)13-14-23(20-11-9-8-10-12-20)31-32(6,7)25(2,3)4/h19-24,28H,8-12,15-18H2,1-7H3/t19?,21-,22+,23-,24+,26-/m1/s1. The maximum atomic E-state index is 11.0. The second-order valence-electron chi connectivity index (χ2n) is 12.7. The maximum Gasteiger partial charge on any atom is 0.193 e. The second kappa shape index (κ2) is 8.68. The van der Waals surface area contributed by atoms with Gasteiger partial charge >= 0.3 is 0 Å². The van der Waals surface area contributed by atoms with Crippen molar-refractivity contribution in [3.05, 3.63) is 0 Å². The van der Waals surface area contributed by atoms with Crippen LogP contribution < -0.4 is 0 Å². The molecule has 4 fully saturated rings. The second-order valence-corrected chi connectivity index (χ2v) is 17.5. The van der Waals surface area contributed by atoms with Crippen molar-refractivity contribution in [2.45, 2.75) is 116 Å². The summed E-state index contributed by atoms with van der Waals surface area (Å²) in [6.07, 6.45) is 7.64. The summed E-state index contributed by atoms with van der Waals surface area (Å²) in [5, 5.41) is 11.2. The summed E-state index contributed by atoms with van der Waals surface area (Å²) in [4.78, 5) is 0. The molecule has 182 valence electrons. The summed E-state index contributed by atoms with van der Waals surface area (Å²) in [6.45, 7) is 17.5. The van der Waals surface area contributed by atoms with E-state index in [1.54, 1.807) is 0 Å². The minimum Gasteiger partial charge on any atom is -0.403 e. The molecule has 1 aliphatic heterocycles. The van der Waals surface area contributed by atoms with Crippen LogP contribution in [-0.4, -0.2) is 44.6 Å². The zero-order valence-electron chi connectivity index (χ0n) is 21.5. The lowest BCUT2D eigenvalue weighted by Crippen LogP contribution is -2.73. The topological polar surface area (TPSA) is 47.9 Å². The lowest BCUT2D eigenvalue weighted by Gasteiger charge is -2.68. The van der Waals surface area contributed by atoms with E-state index in [-0.39, 0.29) is 34.5 Å². The third kappa shape index (κ3) is 3.92. The van der Waals surface area contributed by atoms with E-state index in [0.29, 0.717) is 25.0 Å². The van der Waals surface area contributed by atoms with Crippen LogP contribution in [0.15, 0.2) is 0 Å². The van der Waals surface area contributed by atoms with Gasteiger partial charge in [-0.25, -0.2) is 0 Å². The predicted octanol–water partition coefficient (Wildman–Crippen LogP) is 5.75. The van der Waals surface area contributed by atoms with Crippen LogP contribution in [0.25, 0.3) is 0 Å². The molecule has 6 atom stereocenters. The van der Waals surface area contributed by atoms with E-state index in [1.807, 2.05) is 0 Å². The molecule has 32 heavy (non-hydrogen) atoms. The SMILES string of the molecule is CC1[C@H]2[C@H](C#C[C@@H](O[Si](C)(C)C(C)(C)C)C3CCCCC3)[C@@H](O)CC[C@@]2(C)C12OCCO2. The van der Waals surface area contributed by atoms with Gasteiger partial charge in [-0.1, -0.05) is 65.7 Å². The van der Waals surface area contributed by atoms with Crippen molar-refractivity contribution in [1.82, 2.24) is 0 Å². The molecule has 1 N–H and O–H groups in total. The molecule has 1 heterocycles. The van der Waals surface area contributed by atoms with Crippen molar-refractivity contribution in [2.75, 3.05) is 13.2 Å². The highest BCUT2D eigenvalue weighted by molar-refractivity contribution is 6.74. The molecule has 0 bridgehead atoms. The number of hydrogen-bond acceptors (Lipinski definition) is 4. The molecule has 1 spiro atoms. The Kier molecular flexibility index (Phi) is 6.71. The molecule has 4 rings (SSSR count). The molecule has 4 nitrogen and oxygen atoms in total. The van der Waals surface area contributed by atoms with Crippen LogP contribution in [0.4, 0.5) is 0 Å². The summed E-state index contributed by atoms with van der Waals surface area (Å²) >= 11 is 0. The normalized spacial score (nSPS) is 38.5. The molecular formula is C27H46O4Si. The monoisotopic (exact) mass is 462 g/mol. The molecule has 0 radical (unpaired) electrons. The van der Waals surface area contributed by atoms with E-state index in [9.17, 15) is 5.11 Å². The molecule has 0 aromatic carbocycles. The van der Waals surface area contributed by atoms with Crippen molar-refractivity contribution in [1.29, 1.82) is 0 Å². The average Bonchev–Trinajstić information content (AvgIpc) is 3.26. The van der Waals surface area contributed by atoms with Gasteiger partial charge in [0.25, 0.3) is 0 Å². The van der Waals surface area contributed by atoms with Gasteiger partial charge in [0.1, 0.15) is 6.10 Å². The van der Waals surface area contributed by atoms with Crippen LogP contribution in [0.2, 0.25) is 18.1 Å². The first-order chi connectivity index (χ1) is 14.9. The Morgan fingerprint density at radius 1 is 1.06 bits per heavy atom. The van der Waals surface area contributed by atoms with E-state index in [4.69, 9.17) is 13.9 Å². The first-order valence-electron chi connectivity index (χ1n) is 13.1. The quantitative estimate of drug-likeness (QED) is 0.429. The Balaban J connectivity index is 1.60. The van der Waals surface area contributed by atoms with Gasteiger partial charge < -0.3 is 19.0 Å². The van der Waals surface area contributed by atoms with E-state index in [1.165, 1.54) is 32.1 Å². The van der Waals surface area contributed by atoms with Crippen LogP contribution in [-0.2, 0) is 13.9 Å². The van der Waals surface area contributed by atoms with Gasteiger partial charge in [-0.3, -0.25) is 0 Å². The molecule has 0 aromatic rings. The fraction of sp³-hybridized carbons (Fsp3) is 0.926. The molecule has 3 aliphatic carbocycles. The Labute approximate surface area is 197 Å². The highest BCUT2D eigenvalue weighted by Gasteiger charge is 2.74. The lowest BCUT2D eigenvalue weighted by molar-refractivity contribution is -0.380. The molecule has 0 amide bonds. The Hall–Kier alpha value is -0.383. The van der Waals surface area contributed by atoms with Gasteiger partial charge in [-0.2, -0.15) is 0 Å². The molecule has 1 unspecified atom stereocenters. The molecule has 5 heteroatoms. The fourth-order valence-electron chi connectivity index (χ4n) is 6.92. The Bertz CT molecular complexity index is 735. The molecular weight excluding hydrogens is 416 g/mol. The minimum atomic E-state index is -1.93. The van der Waals surface area contributed by atoms with Crippen LogP contribution >= 0.6 is 0 Å². The van der Waals surface area contributed by atoms with Gasteiger partial charge in [0.15, 0.2) is 14.1 Å². The summed E-state index contributed by atoms with van der Waals surface area (Å²) in [5.41, 5.74) is -0.0673. The van der Waals surface area contributed by atoms with Gasteiger partial charge in [0.2, 0.25) is 0 Å². The fourth-order valence-corrected chi connectivity index (χ4v) is 8.16. The number of hydrogen-bond donors (Lipinski definition) is 1. The Morgan fingerprint density at radius 2 is 1.69 bits per heavy atom. The molecule has 3 saturated carbocycles. The first-order valence-corrected chi connectivity index (χ1v) is 16.0. The van der Waals surface area contributed by atoms with Crippen LogP contribution in [0.3, 0.4) is 0 Å². The molecule has 4 aliphatic rings. The number of ether oxygens (including phenoxy) is 2. The zero-order chi connectivity index (χ0) is 23.4. The largest absolute Gasteiger partial charge is 0.403 e. The minimum absolute atomic E-state index is 0.0140. The summed E-state index contributed by atoms with van der Waals surface area (Å²) in [6, 6.07) is 0. The third-order valence-electron chi connectivity index (χ3n) is 9.85. The maximum absolute atomic E-state index is 11.0. The van der Waals surface area contributed by atoms with E-state index < -0.39 is 14.1 Å². The first kappa shape index (κ1) is 24.7. The van der Waals surface area contributed by atoms with Crippen LogP contribution in [0.1, 0.15) is 79.6 Å². The molecule has 0 aromatic heterocycles. The van der Waals surface area contributed by atoms with E-state index >= 15 is 0 Å². The Morgan fingerprint density at radius 3 is 2.28 bits per heavy atom. The van der Waals surface area contributed by atoms with E-state index in [0.717, 1.165) is 12.8 Å². The van der Waals surface area contributed by atoms with Crippen molar-refractivity contribution < 1.29 is 19.0 Å². The number of fused-ring (bicyclic) bond motifs is 2. The summed E-state index contributed by atoms with van der Waals surface area (Å²) in [5.74, 6) is 7.83. The van der Waals surface area contributed by atoms with Gasteiger partial charge in [-0.05, 0) is 55.7 Å². The van der Waals surface area contributed by atoms with Crippen LogP contribution in [0.5, 0.6) is 0 Å². The van der Waals surface area contributed by atoms with Crippen molar-refractivity contribution in [3.8, 4) is 11.8 Å². The number of aliphatic hydroxyl groups excluding tert-OH is 1. The number of rotatable bonds is 3. The van der Waals surface area contributed by atoms with Crippen molar-refractivity contribution in [2.24, 2.45) is 29.1 Å². The molecule has 1 saturated heterocycles. The van der Waals surface area contributed by atoms with E-state index in [2.05, 4.69) is 59.6 Å². The van der Waals surface area contributed by atoms with Gasteiger partial charge in [0, 0.05) is 11.3 Å². The summed E-state index contributed by atoms with van der Waals surface area (Å²) < 4.78 is 19.3. The smallest absolute Gasteiger partial charge is 0.193 e. The predicted molar refractivity (Wildman–Crippen MR) is 131 cm³/mol. The van der Waals surface area contributed by atoms with Crippen molar-refractivity contribution >= 4 is 8.32 Å². The third-order valence-corrected chi connectivity index (χ3v) is 14.3.